The lowest BCUT2D eigenvalue weighted by Gasteiger charge is -2.29. The zero-order valence-electron chi connectivity index (χ0n) is 21.2. The Balaban J connectivity index is 2.23. The van der Waals surface area contributed by atoms with Gasteiger partial charge in [-0.05, 0) is 59.6 Å². The highest BCUT2D eigenvalue weighted by atomic mass is 32.2. The van der Waals surface area contributed by atoms with Crippen molar-refractivity contribution in [3.63, 3.8) is 0 Å². The molecular weight excluding hydrogens is 523 g/mol. The molecule has 37 heavy (non-hydrogen) atoms. The third kappa shape index (κ3) is 10.2. The quantitative estimate of drug-likeness (QED) is 0.161. The second-order valence-electron chi connectivity index (χ2n) is 8.76. The van der Waals surface area contributed by atoms with Crippen molar-refractivity contribution < 1.29 is 27.2 Å². The second kappa shape index (κ2) is 15.2. The van der Waals surface area contributed by atoms with Gasteiger partial charge in [-0.15, -0.1) is 0 Å². The number of nitriles is 1. The van der Waals surface area contributed by atoms with Crippen molar-refractivity contribution in [1.29, 1.82) is 5.26 Å². The lowest BCUT2D eigenvalue weighted by molar-refractivity contribution is -0.161. The Morgan fingerprint density at radius 1 is 1.08 bits per heavy atom. The molecule has 3 atom stereocenters. The Labute approximate surface area is 224 Å². The molecule has 11 heteroatoms. The van der Waals surface area contributed by atoms with Crippen molar-refractivity contribution in [1.82, 2.24) is 10.6 Å². The molecule has 0 spiro atoms. The zero-order chi connectivity index (χ0) is 27.4. The molecule has 0 saturated heterocycles. The SMILES string of the molecule is COOSc1ccc(-c2ccc([C@H](N[C@@H](CC(C)C)C(=O)N[C@H](C#N)CCSC)C(F)(F)F)cc2)cc1. The molecule has 0 aliphatic rings. The number of benzene rings is 2. The molecule has 0 heterocycles. The first-order chi connectivity index (χ1) is 17.6. The normalized spacial score (nSPS) is 14.1. The van der Waals surface area contributed by atoms with Crippen LogP contribution in [-0.4, -0.2) is 43.3 Å². The van der Waals surface area contributed by atoms with Crippen LogP contribution in [0.5, 0.6) is 0 Å². The molecule has 0 unspecified atom stereocenters. The predicted molar refractivity (Wildman–Crippen MR) is 142 cm³/mol. The van der Waals surface area contributed by atoms with Gasteiger partial charge in [-0.2, -0.15) is 34.5 Å². The van der Waals surface area contributed by atoms with Crippen molar-refractivity contribution in [3.8, 4) is 17.2 Å². The first-order valence-electron chi connectivity index (χ1n) is 11.7. The molecule has 0 aliphatic carbocycles. The molecule has 2 aromatic carbocycles. The third-order valence-corrected chi connectivity index (χ3v) is 6.74. The number of carbonyl (C=O) groups is 1. The van der Waals surface area contributed by atoms with Gasteiger partial charge in [0.2, 0.25) is 5.91 Å². The molecule has 6 nitrogen and oxygen atoms in total. The summed E-state index contributed by atoms with van der Waals surface area (Å²) < 4.78 is 47.3. The number of amides is 1. The van der Waals surface area contributed by atoms with Gasteiger partial charge >= 0.3 is 6.18 Å². The molecule has 2 rings (SSSR count). The van der Waals surface area contributed by atoms with E-state index < -0.39 is 30.2 Å². The summed E-state index contributed by atoms with van der Waals surface area (Å²) in [6.07, 6.45) is -2.15. The van der Waals surface area contributed by atoms with Crippen LogP contribution in [0.1, 0.15) is 38.3 Å². The highest BCUT2D eigenvalue weighted by Gasteiger charge is 2.43. The Kier molecular flexibility index (Phi) is 12.8. The van der Waals surface area contributed by atoms with Crippen molar-refractivity contribution >= 4 is 29.7 Å². The Hall–Kier alpha value is -2.23. The number of nitrogens with zero attached hydrogens (tertiary/aromatic N) is 1. The molecule has 0 aliphatic heterocycles. The summed E-state index contributed by atoms with van der Waals surface area (Å²) >= 11 is 2.57. The molecule has 202 valence electrons. The molecule has 0 aromatic heterocycles. The third-order valence-electron chi connectivity index (χ3n) is 5.43. The van der Waals surface area contributed by atoms with Gasteiger partial charge in [0.05, 0.1) is 31.3 Å². The first-order valence-corrected chi connectivity index (χ1v) is 13.8. The van der Waals surface area contributed by atoms with E-state index in [1.807, 2.05) is 50.4 Å². The van der Waals surface area contributed by atoms with E-state index in [1.54, 1.807) is 12.1 Å². The predicted octanol–water partition coefficient (Wildman–Crippen LogP) is 6.31. The number of nitrogens with one attached hydrogen (secondary N) is 2. The second-order valence-corrected chi connectivity index (χ2v) is 10.5. The van der Waals surface area contributed by atoms with E-state index in [0.717, 1.165) is 28.1 Å². The van der Waals surface area contributed by atoms with Crippen molar-refractivity contribution in [2.24, 2.45) is 5.92 Å². The van der Waals surface area contributed by atoms with Gasteiger partial charge in [0, 0.05) is 4.90 Å². The fraction of sp³-hybridized carbons (Fsp3) is 0.462. The number of thioether (sulfide) groups is 1. The zero-order valence-corrected chi connectivity index (χ0v) is 22.8. The van der Waals surface area contributed by atoms with E-state index in [2.05, 4.69) is 15.5 Å². The van der Waals surface area contributed by atoms with Crippen LogP contribution in [0.2, 0.25) is 0 Å². The van der Waals surface area contributed by atoms with Crippen molar-refractivity contribution in [2.45, 2.75) is 55.9 Å². The number of hydrogen-bond acceptors (Lipinski definition) is 7. The molecule has 0 bridgehead atoms. The molecule has 0 saturated carbocycles. The summed E-state index contributed by atoms with van der Waals surface area (Å²) in [5.74, 6) is 0.00478. The topological polar surface area (TPSA) is 83.4 Å². The summed E-state index contributed by atoms with van der Waals surface area (Å²) in [6.45, 7) is 3.67. The molecule has 0 radical (unpaired) electrons. The average Bonchev–Trinajstić information content (AvgIpc) is 2.87. The van der Waals surface area contributed by atoms with Crippen molar-refractivity contribution in [3.05, 3.63) is 54.1 Å². The summed E-state index contributed by atoms with van der Waals surface area (Å²) in [5, 5.41) is 14.5. The lowest BCUT2D eigenvalue weighted by Crippen LogP contribution is -2.51. The highest BCUT2D eigenvalue weighted by Crippen LogP contribution is 2.35. The summed E-state index contributed by atoms with van der Waals surface area (Å²) in [4.78, 5) is 18.3. The molecular formula is C26H32F3N3O3S2. The summed E-state index contributed by atoms with van der Waals surface area (Å²) in [7, 11) is 1.40. The van der Waals surface area contributed by atoms with Crippen LogP contribution in [0.4, 0.5) is 13.2 Å². The monoisotopic (exact) mass is 555 g/mol. The summed E-state index contributed by atoms with van der Waals surface area (Å²) in [5.41, 5.74) is 1.57. The average molecular weight is 556 g/mol. The number of alkyl halides is 3. The van der Waals surface area contributed by atoms with Gasteiger partial charge in [-0.3, -0.25) is 10.1 Å². The van der Waals surface area contributed by atoms with Crippen LogP contribution >= 0.6 is 23.8 Å². The van der Waals surface area contributed by atoms with E-state index in [4.69, 9.17) is 4.33 Å². The minimum Gasteiger partial charge on any atom is -0.339 e. The van der Waals surface area contributed by atoms with Gasteiger partial charge in [0.15, 0.2) is 0 Å². The fourth-order valence-electron chi connectivity index (χ4n) is 3.62. The van der Waals surface area contributed by atoms with Gasteiger partial charge in [0.25, 0.3) is 0 Å². The van der Waals surface area contributed by atoms with E-state index in [9.17, 15) is 23.2 Å². The molecule has 2 aromatic rings. The molecule has 2 N–H and O–H groups in total. The van der Waals surface area contributed by atoms with Crippen LogP contribution < -0.4 is 10.6 Å². The van der Waals surface area contributed by atoms with Gasteiger partial charge in [-0.25, -0.2) is 4.89 Å². The van der Waals surface area contributed by atoms with Crippen LogP contribution in [0.25, 0.3) is 11.1 Å². The van der Waals surface area contributed by atoms with E-state index in [0.29, 0.717) is 12.2 Å². The lowest BCUT2D eigenvalue weighted by atomic mass is 9.97. The van der Waals surface area contributed by atoms with Gasteiger partial charge < -0.3 is 5.32 Å². The molecule has 1 amide bonds. The van der Waals surface area contributed by atoms with Crippen LogP contribution in [0.3, 0.4) is 0 Å². The number of halogens is 3. The van der Waals surface area contributed by atoms with Crippen LogP contribution in [0.15, 0.2) is 53.4 Å². The minimum absolute atomic E-state index is 0.00214. The first kappa shape index (κ1) is 31.0. The minimum atomic E-state index is -4.63. The Morgan fingerprint density at radius 3 is 2.16 bits per heavy atom. The highest BCUT2D eigenvalue weighted by molar-refractivity contribution is 7.98. The number of rotatable bonds is 14. The van der Waals surface area contributed by atoms with Gasteiger partial charge in [-0.1, -0.05) is 50.2 Å². The largest absolute Gasteiger partial charge is 0.407 e. The number of hydrogen-bond donors (Lipinski definition) is 2. The standard InChI is InChI=1S/C26H32F3N3O3S2/c1-17(2)15-23(25(33)31-21(16-30)13-14-36-4)32-24(26(27,28)29)20-7-5-18(6-8-20)19-9-11-22(12-10-19)37-35-34-3/h5-12,17,21,23-24,32H,13-15H2,1-4H3,(H,31,33)/t21-,23-,24-/m0/s1. The Bertz CT molecular complexity index is 1010. The van der Waals surface area contributed by atoms with Crippen LogP contribution in [0, 0.1) is 17.2 Å². The maximum atomic E-state index is 14.2. The maximum Gasteiger partial charge on any atom is 0.407 e. The van der Waals surface area contributed by atoms with E-state index >= 15 is 0 Å². The fourth-order valence-corrected chi connectivity index (χ4v) is 4.49. The van der Waals surface area contributed by atoms with Crippen molar-refractivity contribution in [2.75, 3.05) is 19.1 Å². The van der Waals surface area contributed by atoms with E-state index in [1.165, 1.54) is 31.0 Å². The number of carbonyl (C=O) groups excluding carboxylic acids is 1. The van der Waals surface area contributed by atoms with E-state index in [-0.39, 0.29) is 17.9 Å². The van der Waals surface area contributed by atoms with Crippen LogP contribution in [-0.2, 0) is 14.0 Å². The Morgan fingerprint density at radius 2 is 1.68 bits per heavy atom. The summed E-state index contributed by atoms with van der Waals surface area (Å²) in [6, 6.07) is 11.5. The molecule has 0 fully saturated rings. The van der Waals surface area contributed by atoms with Gasteiger partial charge in [0.1, 0.15) is 12.1 Å². The smallest absolute Gasteiger partial charge is 0.339 e. The maximum absolute atomic E-state index is 14.2.